The van der Waals surface area contributed by atoms with E-state index in [2.05, 4.69) is 15.2 Å². The number of likely N-dealkylation sites (tertiary alicyclic amines) is 1. The number of amides is 3. The summed E-state index contributed by atoms with van der Waals surface area (Å²) in [5.74, 6) is -1.39. The second-order valence-corrected chi connectivity index (χ2v) is 10.7. The molecule has 3 fully saturated rings. The van der Waals surface area contributed by atoms with Gasteiger partial charge in [0.1, 0.15) is 11.7 Å². The zero-order chi connectivity index (χ0) is 25.0. The Balaban J connectivity index is 1.18. The zero-order valence-electron chi connectivity index (χ0n) is 20.0. The van der Waals surface area contributed by atoms with Gasteiger partial charge in [-0.3, -0.25) is 29.6 Å². The fourth-order valence-electron chi connectivity index (χ4n) is 6.30. The predicted molar refractivity (Wildman–Crippen MR) is 128 cm³/mol. The lowest BCUT2D eigenvalue weighted by atomic mass is 9.61. The van der Waals surface area contributed by atoms with Crippen LogP contribution in [0.15, 0.2) is 30.5 Å². The third-order valence-electron chi connectivity index (χ3n) is 8.41. The average molecular weight is 493 g/mol. The van der Waals surface area contributed by atoms with Gasteiger partial charge in [-0.2, -0.15) is 0 Å². The fourth-order valence-corrected chi connectivity index (χ4v) is 6.30. The maximum atomic E-state index is 15.6. The van der Waals surface area contributed by atoms with E-state index in [9.17, 15) is 19.5 Å². The Labute approximate surface area is 208 Å². The van der Waals surface area contributed by atoms with E-state index in [-0.39, 0.29) is 47.8 Å². The van der Waals surface area contributed by atoms with Crippen LogP contribution in [0.4, 0.5) is 4.39 Å². The number of piperidine rings is 2. The van der Waals surface area contributed by atoms with Crippen LogP contribution in [0.2, 0.25) is 0 Å². The Morgan fingerprint density at radius 1 is 1.14 bits per heavy atom. The van der Waals surface area contributed by atoms with Crippen molar-refractivity contribution in [3.05, 3.63) is 53.0 Å². The summed E-state index contributed by atoms with van der Waals surface area (Å²) < 4.78 is 15.6. The van der Waals surface area contributed by atoms with E-state index in [1.54, 1.807) is 30.5 Å². The number of halogens is 1. The molecule has 36 heavy (non-hydrogen) atoms. The molecule has 3 amide bonds. The van der Waals surface area contributed by atoms with Gasteiger partial charge in [-0.05, 0) is 74.4 Å². The van der Waals surface area contributed by atoms with Gasteiger partial charge in [-0.25, -0.2) is 4.39 Å². The molecule has 2 saturated heterocycles. The molecule has 1 saturated carbocycles. The van der Waals surface area contributed by atoms with Gasteiger partial charge in [0.25, 0.3) is 5.91 Å². The molecule has 1 spiro atoms. The first kappa shape index (κ1) is 23.2. The van der Waals surface area contributed by atoms with Crippen LogP contribution in [-0.4, -0.2) is 62.8 Å². The molecule has 2 aromatic rings. The molecule has 1 aromatic carbocycles. The lowest BCUT2D eigenvalue weighted by Gasteiger charge is -2.50. The summed E-state index contributed by atoms with van der Waals surface area (Å²) in [4.78, 5) is 44.8. The number of pyridine rings is 1. The third-order valence-corrected chi connectivity index (χ3v) is 8.41. The van der Waals surface area contributed by atoms with Crippen LogP contribution in [0.5, 0.6) is 0 Å². The van der Waals surface area contributed by atoms with Crippen molar-refractivity contribution in [1.29, 1.82) is 0 Å². The minimum Gasteiger partial charge on any atom is -0.393 e. The van der Waals surface area contributed by atoms with Gasteiger partial charge < -0.3 is 10.0 Å². The van der Waals surface area contributed by atoms with Crippen molar-refractivity contribution in [1.82, 2.24) is 20.1 Å². The summed E-state index contributed by atoms with van der Waals surface area (Å²) in [5.41, 5.74) is 2.92. The highest BCUT2D eigenvalue weighted by atomic mass is 19.1. The number of nitrogens with zero attached hydrogens (tertiary/aromatic N) is 3. The average Bonchev–Trinajstić information content (AvgIpc) is 3.16. The van der Waals surface area contributed by atoms with Crippen LogP contribution in [0.25, 0.3) is 11.3 Å². The van der Waals surface area contributed by atoms with Crippen molar-refractivity contribution in [2.24, 2.45) is 5.41 Å². The second-order valence-electron chi connectivity index (χ2n) is 10.7. The number of hydrogen-bond acceptors (Lipinski definition) is 6. The molecule has 1 aliphatic carbocycles. The largest absolute Gasteiger partial charge is 0.393 e. The molecule has 2 N–H and O–H groups in total. The van der Waals surface area contributed by atoms with E-state index in [0.717, 1.165) is 44.3 Å². The molecular weight excluding hydrogens is 463 g/mol. The zero-order valence-corrected chi connectivity index (χ0v) is 20.0. The summed E-state index contributed by atoms with van der Waals surface area (Å²) in [7, 11) is 0. The maximum absolute atomic E-state index is 15.6. The molecule has 1 unspecified atom stereocenters. The Morgan fingerprint density at radius 3 is 2.64 bits per heavy atom. The number of hydrogen-bond donors (Lipinski definition) is 2. The number of aliphatic hydroxyl groups is 1. The van der Waals surface area contributed by atoms with E-state index >= 15 is 4.39 Å². The number of nitrogens with one attached hydrogen (secondary N) is 1. The topological polar surface area (TPSA) is 103 Å². The number of carbonyl (C=O) groups excluding carboxylic acids is 3. The van der Waals surface area contributed by atoms with Crippen molar-refractivity contribution in [3.8, 4) is 11.3 Å². The first-order valence-corrected chi connectivity index (χ1v) is 12.6. The van der Waals surface area contributed by atoms with Gasteiger partial charge >= 0.3 is 0 Å². The number of aliphatic hydroxyl groups excluding tert-OH is 1. The molecule has 8 nitrogen and oxygen atoms in total. The molecule has 4 aliphatic rings. The number of carbonyl (C=O) groups is 3. The number of rotatable bonds is 4. The van der Waals surface area contributed by atoms with Crippen molar-refractivity contribution in [3.63, 3.8) is 0 Å². The Bertz CT molecular complexity index is 1250. The van der Waals surface area contributed by atoms with E-state index in [1.165, 1.54) is 4.90 Å². The van der Waals surface area contributed by atoms with Crippen LogP contribution in [0.3, 0.4) is 0 Å². The second kappa shape index (κ2) is 8.74. The quantitative estimate of drug-likeness (QED) is 0.636. The lowest BCUT2D eigenvalue weighted by molar-refractivity contribution is -0.136. The summed E-state index contributed by atoms with van der Waals surface area (Å²) in [6, 6.07) is 6.19. The van der Waals surface area contributed by atoms with Gasteiger partial charge in [0.15, 0.2) is 5.82 Å². The summed E-state index contributed by atoms with van der Waals surface area (Å²) in [6.45, 7) is 2.52. The molecular formula is C27H29FN4O4. The molecule has 6 rings (SSSR count). The van der Waals surface area contributed by atoms with Gasteiger partial charge in [0.2, 0.25) is 11.8 Å². The van der Waals surface area contributed by atoms with Crippen LogP contribution < -0.4 is 5.32 Å². The highest BCUT2D eigenvalue weighted by Gasteiger charge is 2.45. The van der Waals surface area contributed by atoms with Gasteiger partial charge in [0.05, 0.1) is 6.10 Å². The smallest absolute Gasteiger partial charge is 0.255 e. The summed E-state index contributed by atoms with van der Waals surface area (Å²) in [6.07, 6.45) is 5.80. The first-order chi connectivity index (χ1) is 17.3. The van der Waals surface area contributed by atoms with Crippen LogP contribution in [0.1, 0.15) is 60.0 Å². The number of benzene rings is 1. The number of aromatic nitrogens is 1. The van der Waals surface area contributed by atoms with E-state index < -0.39 is 11.9 Å². The SMILES string of the molecule is O=C1CCC(N2Cc3cc(-c4nccc(CN5CCC6(CC5)CC(O)C6)c4F)ccc3C2=O)C(=O)N1. The van der Waals surface area contributed by atoms with E-state index in [0.29, 0.717) is 29.7 Å². The highest BCUT2D eigenvalue weighted by molar-refractivity contribution is 6.05. The Kier molecular flexibility index (Phi) is 5.64. The standard InChI is InChI=1S/C27H29FN4O4/c28-23-17(14-31-9-6-27(7-10-31)12-19(33)13-27)5-8-29-24(23)16-1-2-20-18(11-16)15-32(26(20)36)21-3-4-22(34)30-25(21)35/h1-2,5,8,11,19,21,33H,3-4,6-7,9-10,12-15H2,(H,30,34,35). The molecule has 4 heterocycles. The van der Waals surface area contributed by atoms with Crippen LogP contribution in [-0.2, 0) is 22.7 Å². The van der Waals surface area contributed by atoms with Crippen molar-refractivity contribution in [2.45, 2.75) is 63.8 Å². The molecule has 9 heteroatoms. The predicted octanol–water partition coefficient (Wildman–Crippen LogP) is 2.39. The first-order valence-electron chi connectivity index (χ1n) is 12.6. The van der Waals surface area contributed by atoms with E-state index in [1.807, 2.05) is 0 Å². The number of fused-ring (bicyclic) bond motifs is 1. The number of imide groups is 1. The Morgan fingerprint density at radius 2 is 1.92 bits per heavy atom. The summed E-state index contributed by atoms with van der Waals surface area (Å²) >= 11 is 0. The van der Waals surface area contributed by atoms with Gasteiger partial charge in [0, 0.05) is 42.4 Å². The third kappa shape index (κ3) is 4.00. The molecule has 188 valence electrons. The minimum absolute atomic E-state index is 0.157. The van der Waals surface area contributed by atoms with Gasteiger partial charge in [-0.15, -0.1) is 0 Å². The maximum Gasteiger partial charge on any atom is 0.255 e. The van der Waals surface area contributed by atoms with Crippen molar-refractivity contribution >= 4 is 17.7 Å². The van der Waals surface area contributed by atoms with Crippen LogP contribution in [0, 0.1) is 11.2 Å². The minimum atomic E-state index is -0.684. The van der Waals surface area contributed by atoms with E-state index in [4.69, 9.17) is 0 Å². The normalized spacial score (nSPS) is 24.1. The lowest BCUT2D eigenvalue weighted by Crippen LogP contribution is -2.52. The summed E-state index contributed by atoms with van der Waals surface area (Å²) in [5, 5.41) is 12.0. The highest BCUT2D eigenvalue weighted by Crippen LogP contribution is 2.49. The Hall–Kier alpha value is -3.17. The molecule has 0 radical (unpaired) electrons. The van der Waals surface area contributed by atoms with Gasteiger partial charge in [-0.1, -0.05) is 6.07 Å². The molecule has 0 bridgehead atoms. The van der Waals surface area contributed by atoms with Crippen molar-refractivity contribution < 1.29 is 23.9 Å². The van der Waals surface area contributed by atoms with Crippen LogP contribution >= 0.6 is 0 Å². The molecule has 3 aliphatic heterocycles. The van der Waals surface area contributed by atoms with Crippen molar-refractivity contribution in [2.75, 3.05) is 13.1 Å². The molecule has 1 aromatic heterocycles. The molecule has 1 atom stereocenters. The monoisotopic (exact) mass is 492 g/mol. The fraction of sp³-hybridized carbons (Fsp3) is 0.481.